The van der Waals surface area contributed by atoms with E-state index in [9.17, 15) is 10.1 Å². The molecular weight excluding hydrogens is 258 g/mol. The van der Waals surface area contributed by atoms with Gasteiger partial charge in [0.15, 0.2) is 5.82 Å². The summed E-state index contributed by atoms with van der Waals surface area (Å²) < 4.78 is 1.56. The highest BCUT2D eigenvalue weighted by Gasteiger charge is 2.14. The molecule has 1 heterocycles. The van der Waals surface area contributed by atoms with Gasteiger partial charge in [-0.3, -0.25) is 14.8 Å². The van der Waals surface area contributed by atoms with Gasteiger partial charge in [-0.1, -0.05) is 11.6 Å². The summed E-state index contributed by atoms with van der Waals surface area (Å²) in [6.45, 7) is 0.294. The van der Waals surface area contributed by atoms with Crippen LogP contribution < -0.4 is 5.32 Å². The highest BCUT2D eigenvalue weighted by molar-refractivity contribution is 6.31. The zero-order valence-electron chi connectivity index (χ0n) is 9.50. The van der Waals surface area contributed by atoms with Gasteiger partial charge in [-0.15, -0.1) is 0 Å². The average molecular weight is 268 g/mol. The Morgan fingerprint density at radius 2 is 2.33 bits per heavy atom. The number of benzene rings is 1. The van der Waals surface area contributed by atoms with Gasteiger partial charge in [-0.25, -0.2) is 4.98 Å². The van der Waals surface area contributed by atoms with Crippen molar-refractivity contribution >= 4 is 23.0 Å². The molecule has 0 bridgehead atoms. The maximum atomic E-state index is 10.8. The van der Waals surface area contributed by atoms with Gasteiger partial charge in [0.25, 0.3) is 5.69 Å². The molecule has 1 N–H and O–H groups in total. The molecule has 1 aromatic carbocycles. The first-order chi connectivity index (χ1) is 8.56. The van der Waals surface area contributed by atoms with Crippen molar-refractivity contribution in [2.45, 2.75) is 6.54 Å². The predicted molar refractivity (Wildman–Crippen MR) is 66.4 cm³/mol. The Morgan fingerprint density at radius 1 is 1.56 bits per heavy atom. The van der Waals surface area contributed by atoms with E-state index in [1.165, 1.54) is 18.2 Å². The summed E-state index contributed by atoms with van der Waals surface area (Å²) in [5.74, 6) is 0.548. The Kier molecular flexibility index (Phi) is 3.42. The Bertz CT molecular complexity index is 583. The van der Waals surface area contributed by atoms with Gasteiger partial charge in [0.05, 0.1) is 11.5 Å². The quantitative estimate of drug-likeness (QED) is 0.676. The molecule has 7 nitrogen and oxygen atoms in total. The fourth-order valence-electron chi connectivity index (χ4n) is 1.45. The van der Waals surface area contributed by atoms with Crippen LogP contribution in [-0.2, 0) is 13.6 Å². The molecule has 18 heavy (non-hydrogen) atoms. The number of nitrogens with zero attached hydrogens (tertiary/aromatic N) is 4. The van der Waals surface area contributed by atoms with Crippen molar-refractivity contribution in [3.8, 4) is 0 Å². The second-order valence-electron chi connectivity index (χ2n) is 3.61. The van der Waals surface area contributed by atoms with Crippen molar-refractivity contribution in [3.05, 3.63) is 45.5 Å². The number of hydrogen-bond acceptors (Lipinski definition) is 5. The molecule has 0 spiro atoms. The minimum atomic E-state index is -0.468. The van der Waals surface area contributed by atoms with Crippen molar-refractivity contribution in [1.82, 2.24) is 14.8 Å². The molecule has 0 aliphatic carbocycles. The third-order valence-electron chi connectivity index (χ3n) is 2.24. The lowest BCUT2D eigenvalue weighted by Gasteiger charge is -2.05. The first-order valence-electron chi connectivity index (χ1n) is 5.08. The topological polar surface area (TPSA) is 85.9 Å². The minimum Gasteiger partial charge on any atom is -0.372 e. The van der Waals surface area contributed by atoms with Crippen LogP contribution in [0.4, 0.5) is 11.4 Å². The number of nitrogens with one attached hydrogen (secondary N) is 1. The molecule has 8 heteroatoms. The summed E-state index contributed by atoms with van der Waals surface area (Å²) in [4.78, 5) is 14.4. The summed E-state index contributed by atoms with van der Waals surface area (Å²) in [5, 5.41) is 18.2. The zero-order chi connectivity index (χ0) is 13.1. The van der Waals surface area contributed by atoms with E-state index in [1.807, 2.05) is 0 Å². The molecule has 0 amide bonds. The van der Waals surface area contributed by atoms with E-state index >= 15 is 0 Å². The summed E-state index contributed by atoms with van der Waals surface area (Å²) in [6.07, 6.45) is 1.56. The molecule has 0 atom stereocenters. The number of aryl methyl sites for hydroxylation is 1. The number of hydrogen-bond donors (Lipinski definition) is 1. The normalized spacial score (nSPS) is 10.3. The third-order valence-corrected chi connectivity index (χ3v) is 2.47. The summed E-state index contributed by atoms with van der Waals surface area (Å²) >= 11 is 5.81. The van der Waals surface area contributed by atoms with Crippen molar-refractivity contribution in [2.75, 3.05) is 5.32 Å². The fraction of sp³-hybridized carbons (Fsp3) is 0.200. The zero-order valence-corrected chi connectivity index (χ0v) is 10.3. The molecule has 2 rings (SSSR count). The van der Waals surface area contributed by atoms with Gasteiger partial charge in [0.1, 0.15) is 12.0 Å². The second-order valence-corrected chi connectivity index (χ2v) is 4.04. The van der Waals surface area contributed by atoms with Gasteiger partial charge in [0, 0.05) is 18.1 Å². The molecule has 2 aromatic rings. The van der Waals surface area contributed by atoms with Crippen molar-refractivity contribution in [2.24, 2.45) is 7.05 Å². The predicted octanol–water partition coefficient (Wildman–Crippen LogP) is 1.99. The minimum absolute atomic E-state index is 0.0321. The number of aromatic nitrogens is 3. The number of rotatable bonds is 4. The number of nitro benzene ring substituents is 1. The first-order valence-corrected chi connectivity index (χ1v) is 5.46. The van der Waals surface area contributed by atoms with Crippen LogP contribution in [0.5, 0.6) is 0 Å². The molecular formula is C10H10ClN5O2. The van der Waals surface area contributed by atoms with Crippen LogP contribution in [0.15, 0.2) is 24.5 Å². The SMILES string of the molecule is Cn1cnc(CNc2cc(Cl)ccc2[N+](=O)[O-])n1. The van der Waals surface area contributed by atoms with Gasteiger partial charge in [0.2, 0.25) is 0 Å². The Balaban J connectivity index is 2.17. The molecule has 0 radical (unpaired) electrons. The van der Waals surface area contributed by atoms with Crippen molar-refractivity contribution in [1.29, 1.82) is 0 Å². The third kappa shape index (κ3) is 2.75. The van der Waals surface area contributed by atoms with Crippen LogP contribution in [0, 0.1) is 10.1 Å². The highest BCUT2D eigenvalue weighted by atomic mass is 35.5. The largest absolute Gasteiger partial charge is 0.372 e. The van der Waals surface area contributed by atoms with Crippen LogP contribution in [0.3, 0.4) is 0 Å². The maximum absolute atomic E-state index is 10.8. The molecule has 0 fully saturated rings. The first kappa shape index (κ1) is 12.3. The maximum Gasteiger partial charge on any atom is 0.292 e. The number of anilines is 1. The lowest BCUT2D eigenvalue weighted by atomic mass is 10.2. The van der Waals surface area contributed by atoms with Gasteiger partial charge < -0.3 is 5.32 Å². The van der Waals surface area contributed by atoms with E-state index in [0.29, 0.717) is 23.1 Å². The van der Waals surface area contributed by atoms with Crippen LogP contribution in [0.2, 0.25) is 5.02 Å². The van der Waals surface area contributed by atoms with Crippen LogP contribution in [0.1, 0.15) is 5.82 Å². The Hall–Kier alpha value is -2.15. The summed E-state index contributed by atoms with van der Waals surface area (Å²) in [5.41, 5.74) is 0.315. The summed E-state index contributed by atoms with van der Waals surface area (Å²) in [7, 11) is 1.75. The fourth-order valence-corrected chi connectivity index (χ4v) is 1.62. The Morgan fingerprint density at radius 3 is 2.94 bits per heavy atom. The number of nitro groups is 1. The van der Waals surface area contributed by atoms with Crippen molar-refractivity contribution < 1.29 is 4.92 Å². The molecule has 0 saturated carbocycles. The molecule has 0 aliphatic heterocycles. The monoisotopic (exact) mass is 267 g/mol. The van der Waals surface area contributed by atoms with E-state index in [1.54, 1.807) is 18.1 Å². The second kappa shape index (κ2) is 5.01. The average Bonchev–Trinajstić information content (AvgIpc) is 2.72. The molecule has 0 aliphatic rings. The smallest absolute Gasteiger partial charge is 0.292 e. The standard InChI is InChI=1S/C10H10ClN5O2/c1-15-6-13-10(14-15)5-12-8-4-7(11)2-3-9(8)16(17)18/h2-4,6,12H,5H2,1H3. The van der Waals surface area contributed by atoms with Crippen LogP contribution >= 0.6 is 11.6 Å². The van der Waals surface area contributed by atoms with Gasteiger partial charge in [-0.2, -0.15) is 5.10 Å². The highest BCUT2D eigenvalue weighted by Crippen LogP contribution is 2.27. The van der Waals surface area contributed by atoms with E-state index in [0.717, 1.165) is 0 Å². The van der Waals surface area contributed by atoms with Crippen LogP contribution in [-0.4, -0.2) is 19.7 Å². The number of halogens is 1. The molecule has 0 saturated heterocycles. The van der Waals surface area contributed by atoms with E-state index in [-0.39, 0.29) is 5.69 Å². The van der Waals surface area contributed by atoms with E-state index in [2.05, 4.69) is 15.4 Å². The molecule has 1 aromatic heterocycles. The van der Waals surface area contributed by atoms with Crippen LogP contribution in [0.25, 0.3) is 0 Å². The van der Waals surface area contributed by atoms with E-state index in [4.69, 9.17) is 11.6 Å². The summed E-state index contributed by atoms with van der Waals surface area (Å²) in [6, 6.07) is 4.34. The Labute approximate surface area is 108 Å². The molecule has 0 unspecified atom stereocenters. The van der Waals surface area contributed by atoms with Crippen molar-refractivity contribution in [3.63, 3.8) is 0 Å². The lowest BCUT2D eigenvalue weighted by molar-refractivity contribution is -0.384. The lowest BCUT2D eigenvalue weighted by Crippen LogP contribution is -2.04. The van der Waals surface area contributed by atoms with E-state index < -0.39 is 4.92 Å². The molecule has 94 valence electrons. The van der Waals surface area contributed by atoms with Gasteiger partial charge in [-0.05, 0) is 12.1 Å². The van der Waals surface area contributed by atoms with Gasteiger partial charge >= 0.3 is 0 Å².